The van der Waals surface area contributed by atoms with E-state index in [-0.39, 0.29) is 0 Å². The molecule has 3 aromatic rings. The summed E-state index contributed by atoms with van der Waals surface area (Å²) in [4.78, 5) is 6.70. The van der Waals surface area contributed by atoms with E-state index in [4.69, 9.17) is 0 Å². The van der Waals surface area contributed by atoms with Crippen molar-refractivity contribution >= 4 is 45.7 Å². The van der Waals surface area contributed by atoms with Crippen LogP contribution in [0.15, 0.2) is 34.3 Å². The normalized spacial score (nSPS) is 11.5. The van der Waals surface area contributed by atoms with Gasteiger partial charge in [-0.15, -0.1) is 34.0 Å². The van der Waals surface area contributed by atoms with E-state index in [1.165, 1.54) is 21.8 Å². The van der Waals surface area contributed by atoms with Gasteiger partial charge >= 0.3 is 0 Å². The second-order valence-corrected chi connectivity index (χ2v) is 6.93. The summed E-state index contributed by atoms with van der Waals surface area (Å²) in [6.07, 6.45) is 1.92. The number of thiazole rings is 1. The number of hydrogen-bond acceptors (Lipinski definition) is 5. The van der Waals surface area contributed by atoms with Gasteiger partial charge in [0.25, 0.3) is 0 Å². The minimum Gasteiger partial charge on any atom is -0.241 e. The molecule has 3 aromatic heterocycles. The van der Waals surface area contributed by atoms with Crippen LogP contribution < -0.4 is 0 Å². The average Bonchev–Trinajstić information content (AvgIpc) is 3.16. The Labute approximate surface area is 129 Å². The molecule has 5 heteroatoms. The molecule has 98 valence electrons. The summed E-state index contributed by atoms with van der Waals surface area (Å²) in [6.45, 7) is 1.94. The standard InChI is InChI=1S/C15H10N2S3/c1-10-8-20-15(17-10)11(7-16)5-13-6-12(9-19-13)14-3-2-4-18-14/h2-6,8-9H,1H3. The number of rotatable bonds is 3. The lowest BCUT2D eigenvalue weighted by molar-refractivity contribution is 1.25. The Hall–Kier alpha value is -1.74. The zero-order chi connectivity index (χ0) is 13.9. The van der Waals surface area contributed by atoms with Crippen molar-refractivity contribution in [1.82, 2.24) is 4.98 Å². The van der Waals surface area contributed by atoms with Crippen molar-refractivity contribution in [1.29, 1.82) is 5.26 Å². The first-order valence-corrected chi connectivity index (χ1v) is 8.57. The maximum atomic E-state index is 9.30. The fourth-order valence-corrected chi connectivity index (χ4v) is 4.15. The van der Waals surface area contributed by atoms with Crippen molar-refractivity contribution in [3.05, 3.63) is 49.9 Å². The Morgan fingerprint density at radius 3 is 2.85 bits per heavy atom. The summed E-state index contributed by atoms with van der Waals surface area (Å²) in [6, 6.07) is 8.52. The number of hydrogen-bond donors (Lipinski definition) is 0. The molecule has 2 nitrogen and oxygen atoms in total. The summed E-state index contributed by atoms with van der Waals surface area (Å²) < 4.78 is 0. The molecule has 0 bridgehead atoms. The first kappa shape index (κ1) is 13.3. The van der Waals surface area contributed by atoms with Crippen LogP contribution in [0.1, 0.15) is 15.6 Å². The van der Waals surface area contributed by atoms with Gasteiger partial charge in [-0.25, -0.2) is 4.98 Å². The van der Waals surface area contributed by atoms with Crippen LogP contribution in [-0.4, -0.2) is 4.98 Å². The highest BCUT2D eigenvalue weighted by molar-refractivity contribution is 7.15. The third-order valence-corrected chi connectivity index (χ3v) is 5.47. The predicted octanol–water partition coefficient (Wildman–Crippen LogP) is 5.31. The number of nitriles is 1. The van der Waals surface area contributed by atoms with E-state index in [1.807, 2.05) is 24.4 Å². The molecule has 0 amide bonds. The maximum Gasteiger partial charge on any atom is 0.134 e. The first-order chi connectivity index (χ1) is 9.76. The summed E-state index contributed by atoms with van der Waals surface area (Å²) in [7, 11) is 0. The van der Waals surface area contributed by atoms with Gasteiger partial charge in [0, 0.05) is 26.4 Å². The van der Waals surface area contributed by atoms with Crippen LogP contribution in [0.25, 0.3) is 22.1 Å². The summed E-state index contributed by atoms with van der Waals surface area (Å²) in [5.74, 6) is 0. The smallest absolute Gasteiger partial charge is 0.134 e. The summed E-state index contributed by atoms with van der Waals surface area (Å²) in [5.41, 5.74) is 2.79. The zero-order valence-corrected chi connectivity index (χ0v) is 13.1. The van der Waals surface area contributed by atoms with Gasteiger partial charge in [-0.3, -0.25) is 0 Å². The van der Waals surface area contributed by atoms with Crippen LogP contribution in [0.4, 0.5) is 0 Å². The van der Waals surface area contributed by atoms with E-state index in [9.17, 15) is 5.26 Å². The quantitative estimate of drug-likeness (QED) is 0.615. The van der Waals surface area contributed by atoms with Gasteiger partial charge in [0.05, 0.1) is 5.57 Å². The van der Waals surface area contributed by atoms with Crippen molar-refractivity contribution < 1.29 is 0 Å². The molecule has 0 unspecified atom stereocenters. The van der Waals surface area contributed by atoms with E-state index < -0.39 is 0 Å². The molecule has 3 heterocycles. The molecule has 0 aliphatic rings. The van der Waals surface area contributed by atoms with Crippen LogP contribution in [0.3, 0.4) is 0 Å². The lowest BCUT2D eigenvalue weighted by Crippen LogP contribution is -1.79. The third-order valence-electron chi connectivity index (χ3n) is 2.68. The second kappa shape index (κ2) is 5.71. The topological polar surface area (TPSA) is 36.7 Å². The molecule has 0 fully saturated rings. The Bertz CT molecular complexity index is 785. The lowest BCUT2D eigenvalue weighted by atomic mass is 10.2. The van der Waals surface area contributed by atoms with Gasteiger partial charge in [0.15, 0.2) is 0 Å². The molecule has 0 radical (unpaired) electrons. The molecule has 0 atom stereocenters. The predicted molar refractivity (Wildman–Crippen MR) is 88.0 cm³/mol. The molecule has 3 rings (SSSR count). The van der Waals surface area contributed by atoms with E-state index in [0.29, 0.717) is 5.57 Å². The fraction of sp³-hybridized carbons (Fsp3) is 0.0667. The van der Waals surface area contributed by atoms with Gasteiger partial charge in [-0.2, -0.15) is 5.26 Å². The van der Waals surface area contributed by atoms with Gasteiger partial charge in [-0.05, 0) is 35.9 Å². The van der Waals surface area contributed by atoms with E-state index in [2.05, 4.69) is 33.9 Å². The van der Waals surface area contributed by atoms with Crippen LogP contribution in [0, 0.1) is 18.3 Å². The van der Waals surface area contributed by atoms with Gasteiger partial charge in [0.2, 0.25) is 0 Å². The van der Waals surface area contributed by atoms with Crippen LogP contribution in [-0.2, 0) is 0 Å². The number of aryl methyl sites for hydroxylation is 1. The molecular weight excluding hydrogens is 304 g/mol. The number of aromatic nitrogens is 1. The highest BCUT2D eigenvalue weighted by Gasteiger charge is 2.07. The van der Waals surface area contributed by atoms with Gasteiger partial charge in [-0.1, -0.05) is 6.07 Å². The maximum absolute atomic E-state index is 9.30. The Balaban J connectivity index is 1.93. The summed E-state index contributed by atoms with van der Waals surface area (Å²) in [5, 5.41) is 16.2. The van der Waals surface area contributed by atoms with Crippen molar-refractivity contribution in [3.8, 4) is 16.5 Å². The van der Waals surface area contributed by atoms with Crippen molar-refractivity contribution in [2.45, 2.75) is 6.92 Å². The van der Waals surface area contributed by atoms with Crippen LogP contribution in [0.5, 0.6) is 0 Å². The molecule has 0 N–H and O–H groups in total. The highest BCUT2D eigenvalue weighted by atomic mass is 32.1. The first-order valence-electron chi connectivity index (χ1n) is 5.93. The molecular formula is C15H10N2S3. The molecule has 0 saturated heterocycles. The molecule has 0 aliphatic heterocycles. The van der Waals surface area contributed by atoms with E-state index >= 15 is 0 Å². The van der Waals surface area contributed by atoms with E-state index in [0.717, 1.165) is 15.6 Å². The highest BCUT2D eigenvalue weighted by Crippen LogP contribution is 2.31. The molecule has 0 spiro atoms. The van der Waals surface area contributed by atoms with Crippen molar-refractivity contribution in [2.24, 2.45) is 0 Å². The molecule has 20 heavy (non-hydrogen) atoms. The summed E-state index contributed by atoms with van der Waals surface area (Å²) >= 11 is 4.88. The monoisotopic (exact) mass is 314 g/mol. The molecule has 0 saturated carbocycles. The minimum atomic E-state index is 0.627. The van der Waals surface area contributed by atoms with Crippen LogP contribution in [0.2, 0.25) is 0 Å². The SMILES string of the molecule is Cc1csc(C(C#N)=Cc2cc(-c3cccs3)cs2)n1. The second-order valence-electron chi connectivity index (χ2n) is 4.18. The fourth-order valence-electron chi connectivity index (χ4n) is 1.76. The Kier molecular flexibility index (Phi) is 3.79. The molecule has 0 aliphatic carbocycles. The number of allylic oxidation sites excluding steroid dienone is 1. The average molecular weight is 314 g/mol. The van der Waals surface area contributed by atoms with Gasteiger partial charge in [0.1, 0.15) is 11.1 Å². The van der Waals surface area contributed by atoms with Crippen molar-refractivity contribution in [3.63, 3.8) is 0 Å². The third kappa shape index (κ3) is 2.73. The van der Waals surface area contributed by atoms with Gasteiger partial charge < -0.3 is 0 Å². The number of thiophene rings is 2. The zero-order valence-electron chi connectivity index (χ0n) is 10.7. The number of nitrogens with zero attached hydrogens (tertiary/aromatic N) is 2. The van der Waals surface area contributed by atoms with Crippen LogP contribution >= 0.6 is 34.0 Å². The van der Waals surface area contributed by atoms with E-state index in [1.54, 1.807) is 22.7 Å². The largest absolute Gasteiger partial charge is 0.241 e. The molecule has 0 aromatic carbocycles. The van der Waals surface area contributed by atoms with Crippen molar-refractivity contribution in [2.75, 3.05) is 0 Å². The Morgan fingerprint density at radius 1 is 1.30 bits per heavy atom. The lowest BCUT2D eigenvalue weighted by Gasteiger charge is -1.91. The minimum absolute atomic E-state index is 0.627. The Morgan fingerprint density at radius 2 is 2.20 bits per heavy atom.